The van der Waals surface area contributed by atoms with Crippen molar-refractivity contribution in [2.24, 2.45) is 0 Å². The molecule has 12 heavy (non-hydrogen) atoms. The maximum absolute atomic E-state index is 8.93. The standard InChI is InChI=1S/C9H14ClNO/c1-7(2)5-9(10,6-11)8(3,4)12-7/h5H2,1-4H3. The minimum Gasteiger partial charge on any atom is -0.367 e. The second-order valence-corrected chi connectivity index (χ2v) is 5.11. The Kier molecular flexibility index (Phi) is 1.94. The summed E-state index contributed by atoms with van der Waals surface area (Å²) in [7, 11) is 0. The van der Waals surface area contributed by atoms with E-state index < -0.39 is 10.5 Å². The molecule has 0 aromatic heterocycles. The minimum absolute atomic E-state index is 0.291. The molecule has 1 atom stereocenters. The van der Waals surface area contributed by atoms with Crippen molar-refractivity contribution in [3.05, 3.63) is 0 Å². The predicted octanol–water partition coefficient (Wildman–Crippen LogP) is 2.47. The monoisotopic (exact) mass is 187 g/mol. The Bertz CT molecular complexity index is 241. The molecule has 1 unspecified atom stereocenters. The SMILES string of the molecule is CC1(C)CC(Cl)(C#N)C(C)(C)O1. The van der Waals surface area contributed by atoms with Crippen LogP contribution in [-0.4, -0.2) is 16.1 Å². The first-order valence-corrected chi connectivity index (χ1v) is 4.41. The molecule has 1 heterocycles. The second kappa shape index (κ2) is 2.37. The average Bonchev–Trinajstić information content (AvgIpc) is 1.98. The van der Waals surface area contributed by atoms with Crippen molar-refractivity contribution >= 4 is 11.6 Å². The van der Waals surface area contributed by atoms with Gasteiger partial charge in [0.1, 0.15) is 0 Å². The molecule has 3 heteroatoms. The molecule has 1 fully saturated rings. The van der Waals surface area contributed by atoms with Crippen LogP contribution in [0.1, 0.15) is 34.1 Å². The van der Waals surface area contributed by atoms with Crippen molar-refractivity contribution in [3.8, 4) is 6.07 Å². The van der Waals surface area contributed by atoms with E-state index in [1.807, 2.05) is 27.7 Å². The van der Waals surface area contributed by atoms with Crippen molar-refractivity contribution < 1.29 is 4.74 Å². The van der Waals surface area contributed by atoms with Crippen LogP contribution in [0.15, 0.2) is 0 Å². The maximum Gasteiger partial charge on any atom is 0.161 e. The first-order chi connectivity index (χ1) is 5.22. The zero-order chi connectivity index (χ0) is 9.62. The Hall–Kier alpha value is -0.260. The van der Waals surface area contributed by atoms with Crippen LogP contribution in [0.2, 0.25) is 0 Å². The first kappa shape index (κ1) is 9.83. The number of hydrogen-bond donors (Lipinski definition) is 0. The Balaban J connectivity index is 3.02. The van der Waals surface area contributed by atoms with Crippen molar-refractivity contribution in [2.45, 2.75) is 50.2 Å². The summed E-state index contributed by atoms with van der Waals surface area (Å²) in [5, 5.41) is 8.93. The van der Waals surface area contributed by atoms with Gasteiger partial charge in [-0.25, -0.2) is 0 Å². The van der Waals surface area contributed by atoms with Gasteiger partial charge < -0.3 is 4.74 Å². The van der Waals surface area contributed by atoms with Crippen LogP contribution in [0, 0.1) is 11.3 Å². The van der Waals surface area contributed by atoms with Gasteiger partial charge in [-0.2, -0.15) is 5.26 Å². The third-order valence-corrected chi connectivity index (χ3v) is 3.01. The van der Waals surface area contributed by atoms with Gasteiger partial charge in [-0.1, -0.05) is 11.6 Å². The van der Waals surface area contributed by atoms with Crippen LogP contribution in [0.3, 0.4) is 0 Å². The van der Waals surface area contributed by atoms with E-state index in [9.17, 15) is 0 Å². The third-order valence-electron chi connectivity index (χ3n) is 2.33. The van der Waals surface area contributed by atoms with E-state index in [1.165, 1.54) is 0 Å². The van der Waals surface area contributed by atoms with Crippen LogP contribution >= 0.6 is 11.6 Å². The van der Waals surface area contributed by atoms with Gasteiger partial charge in [-0.15, -0.1) is 0 Å². The zero-order valence-corrected chi connectivity index (χ0v) is 8.70. The largest absolute Gasteiger partial charge is 0.367 e. The number of alkyl halides is 1. The summed E-state index contributed by atoms with van der Waals surface area (Å²) in [4.78, 5) is -0.878. The summed E-state index contributed by atoms with van der Waals surface area (Å²) in [6.45, 7) is 7.63. The molecule has 0 spiro atoms. The van der Waals surface area contributed by atoms with Gasteiger partial charge in [-0.05, 0) is 27.7 Å². The molecule has 0 radical (unpaired) electrons. The van der Waals surface area contributed by atoms with E-state index in [0.717, 1.165) is 0 Å². The number of nitrogens with zero attached hydrogens (tertiary/aromatic N) is 1. The van der Waals surface area contributed by atoms with Crippen molar-refractivity contribution in [1.82, 2.24) is 0 Å². The van der Waals surface area contributed by atoms with Crippen LogP contribution in [0.5, 0.6) is 0 Å². The molecule has 0 N–H and O–H groups in total. The molecule has 0 saturated carbocycles. The Morgan fingerprint density at radius 3 is 2.00 bits per heavy atom. The van der Waals surface area contributed by atoms with Crippen molar-refractivity contribution in [2.75, 3.05) is 0 Å². The molecular weight excluding hydrogens is 174 g/mol. The fourth-order valence-corrected chi connectivity index (χ4v) is 2.14. The summed E-state index contributed by atoms with van der Waals surface area (Å²) >= 11 is 6.15. The summed E-state index contributed by atoms with van der Waals surface area (Å²) in [5.41, 5.74) is -0.853. The lowest BCUT2D eigenvalue weighted by Gasteiger charge is -2.28. The van der Waals surface area contributed by atoms with Gasteiger partial charge in [0.2, 0.25) is 0 Å². The van der Waals surface area contributed by atoms with Gasteiger partial charge in [0.05, 0.1) is 17.3 Å². The summed E-state index contributed by atoms with van der Waals surface area (Å²) < 4.78 is 5.69. The average molecular weight is 188 g/mol. The lowest BCUT2D eigenvalue weighted by Crippen LogP contribution is -2.40. The van der Waals surface area contributed by atoms with E-state index >= 15 is 0 Å². The Labute approximate surface area is 78.5 Å². The molecule has 0 amide bonds. The number of ether oxygens (including phenoxy) is 1. The van der Waals surface area contributed by atoms with Crippen LogP contribution in [0.4, 0.5) is 0 Å². The summed E-state index contributed by atoms with van der Waals surface area (Å²) in [6, 6.07) is 2.13. The second-order valence-electron chi connectivity index (χ2n) is 4.46. The molecule has 0 aromatic carbocycles. The molecule has 0 aromatic rings. The van der Waals surface area contributed by atoms with E-state index in [4.69, 9.17) is 21.6 Å². The number of rotatable bonds is 0. The van der Waals surface area contributed by atoms with E-state index in [-0.39, 0.29) is 5.60 Å². The summed E-state index contributed by atoms with van der Waals surface area (Å²) in [6.07, 6.45) is 0.574. The topological polar surface area (TPSA) is 33.0 Å². The number of nitriles is 1. The fourth-order valence-electron chi connectivity index (χ4n) is 1.78. The van der Waals surface area contributed by atoms with Gasteiger partial charge in [0.25, 0.3) is 0 Å². The van der Waals surface area contributed by atoms with Crippen molar-refractivity contribution in [1.29, 1.82) is 5.26 Å². The molecule has 2 nitrogen and oxygen atoms in total. The minimum atomic E-state index is -0.878. The normalized spacial score (nSPS) is 37.7. The quantitative estimate of drug-likeness (QED) is 0.546. The molecule has 1 aliphatic heterocycles. The Morgan fingerprint density at radius 2 is 1.83 bits per heavy atom. The van der Waals surface area contributed by atoms with Crippen LogP contribution < -0.4 is 0 Å². The highest BCUT2D eigenvalue weighted by atomic mass is 35.5. The van der Waals surface area contributed by atoms with Gasteiger partial charge in [-0.3, -0.25) is 0 Å². The molecule has 0 bridgehead atoms. The predicted molar refractivity (Wildman–Crippen MR) is 48.1 cm³/mol. The van der Waals surface area contributed by atoms with Gasteiger partial charge in [0.15, 0.2) is 4.87 Å². The lowest BCUT2D eigenvalue weighted by molar-refractivity contribution is -0.0675. The van der Waals surface area contributed by atoms with E-state index in [0.29, 0.717) is 6.42 Å². The van der Waals surface area contributed by atoms with Gasteiger partial charge >= 0.3 is 0 Å². The van der Waals surface area contributed by atoms with Crippen LogP contribution in [0.25, 0.3) is 0 Å². The smallest absolute Gasteiger partial charge is 0.161 e. The maximum atomic E-state index is 8.93. The third kappa shape index (κ3) is 1.32. The lowest BCUT2D eigenvalue weighted by atomic mass is 9.88. The summed E-state index contributed by atoms with van der Waals surface area (Å²) in [5.74, 6) is 0. The van der Waals surface area contributed by atoms with Crippen molar-refractivity contribution in [3.63, 3.8) is 0 Å². The zero-order valence-electron chi connectivity index (χ0n) is 7.94. The van der Waals surface area contributed by atoms with Gasteiger partial charge in [0, 0.05) is 6.42 Å². The van der Waals surface area contributed by atoms with E-state index in [1.54, 1.807) is 0 Å². The van der Waals surface area contributed by atoms with E-state index in [2.05, 4.69) is 6.07 Å². The number of halogens is 1. The first-order valence-electron chi connectivity index (χ1n) is 4.03. The number of hydrogen-bond acceptors (Lipinski definition) is 2. The fraction of sp³-hybridized carbons (Fsp3) is 0.889. The molecular formula is C9H14ClNO. The highest BCUT2D eigenvalue weighted by Crippen LogP contribution is 2.48. The van der Waals surface area contributed by atoms with Crippen LogP contribution in [-0.2, 0) is 4.74 Å². The highest BCUT2D eigenvalue weighted by Gasteiger charge is 2.56. The molecule has 0 aliphatic carbocycles. The molecule has 68 valence electrons. The molecule has 1 rings (SSSR count). The Morgan fingerprint density at radius 1 is 1.33 bits per heavy atom. The molecule has 1 aliphatic rings. The highest BCUT2D eigenvalue weighted by molar-refractivity contribution is 6.27. The molecule has 1 saturated heterocycles.